The van der Waals surface area contributed by atoms with Crippen LogP contribution in [0, 0.1) is 0 Å². The molecule has 5 aromatic rings. The number of carboxylic acids is 1. The molecule has 0 radical (unpaired) electrons. The smallest absolute Gasteiger partial charge is 0.326 e. The zero-order chi connectivity index (χ0) is 33.3. The van der Waals surface area contributed by atoms with Crippen LogP contribution in [0.5, 0.6) is 5.75 Å². The maximum Gasteiger partial charge on any atom is 0.326 e. The number of benzene rings is 2. The molecular formula is C32H35N9O6. The van der Waals surface area contributed by atoms with Crippen LogP contribution < -0.4 is 21.7 Å². The number of nitrogens with zero attached hydrogens (tertiary/aromatic N) is 2. The zero-order valence-electron chi connectivity index (χ0n) is 25.1. The number of hydrogen-bond acceptors (Lipinski definition) is 8. The maximum atomic E-state index is 13.7. The standard InChI is InChI=1S/C32H35N9O6/c33-24(9-18-5-7-22(42)8-6-18)29(43)39-26(11-20-14-34-16-37-20)30(44)40-27(12-21-15-35-17-38-21)31(45)41-28(32(46)47)10-19-13-36-25-4-2-1-3-23(19)25/h1-8,13-17,24,26-28,36,42H,9-12,33H2,(H,34,37)(H,35,38)(H,39,43)(H,40,44)(H,41,45)(H,46,47). The van der Waals surface area contributed by atoms with Crippen molar-refractivity contribution >= 4 is 34.6 Å². The van der Waals surface area contributed by atoms with E-state index in [0.29, 0.717) is 22.5 Å². The number of carbonyl (C=O) groups is 4. The Kier molecular flexibility index (Phi) is 10.3. The predicted molar refractivity (Wildman–Crippen MR) is 170 cm³/mol. The number of nitrogens with one attached hydrogen (secondary N) is 6. The number of carboxylic acid groups (broad SMARTS) is 1. The van der Waals surface area contributed by atoms with Crippen molar-refractivity contribution in [3.8, 4) is 5.75 Å². The highest BCUT2D eigenvalue weighted by Crippen LogP contribution is 2.19. The highest BCUT2D eigenvalue weighted by molar-refractivity contribution is 5.94. The number of H-pyrrole nitrogens is 3. The van der Waals surface area contributed by atoms with Gasteiger partial charge < -0.3 is 46.8 Å². The molecule has 0 spiro atoms. The lowest BCUT2D eigenvalue weighted by molar-refractivity contribution is -0.142. The van der Waals surface area contributed by atoms with E-state index in [2.05, 4.69) is 40.9 Å². The van der Waals surface area contributed by atoms with E-state index >= 15 is 0 Å². The summed E-state index contributed by atoms with van der Waals surface area (Å²) >= 11 is 0. The van der Waals surface area contributed by atoms with Gasteiger partial charge >= 0.3 is 5.97 Å². The molecule has 2 aromatic carbocycles. The highest BCUT2D eigenvalue weighted by Gasteiger charge is 2.31. The number of aromatic hydroxyl groups is 1. The summed E-state index contributed by atoms with van der Waals surface area (Å²) in [5.74, 6) is -3.23. The number of fused-ring (bicyclic) bond motifs is 1. The van der Waals surface area contributed by atoms with Crippen LogP contribution in [-0.4, -0.2) is 83.0 Å². The van der Waals surface area contributed by atoms with Crippen molar-refractivity contribution in [1.29, 1.82) is 0 Å². The third kappa shape index (κ3) is 8.61. The fourth-order valence-corrected chi connectivity index (χ4v) is 5.17. The monoisotopic (exact) mass is 641 g/mol. The maximum absolute atomic E-state index is 13.7. The first kappa shape index (κ1) is 32.4. The molecule has 15 nitrogen and oxygen atoms in total. The second kappa shape index (κ2) is 14.9. The van der Waals surface area contributed by atoms with Gasteiger partial charge in [0.2, 0.25) is 17.7 Å². The lowest BCUT2D eigenvalue weighted by Crippen LogP contribution is -2.58. The Labute approximate surface area is 268 Å². The van der Waals surface area contributed by atoms with Crippen molar-refractivity contribution in [1.82, 2.24) is 40.9 Å². The van der Waals surface area contributed by atoms with Crippen LogP contribution in [0.1, 0.15) is 22.5 Å². The van der Waals surface area contributed by atoms with Gasteiger partial charge in [-0.05, 0) is 35.7 Å². The van der Waals surface area contributed by atoms with Crippen LogP contribution in [0.3, 0.4) is 0 Å². The lowest BCUT2D eigenvalue weighted by Gasteiger charge is -2.25. The van der Waals surface area contributed by atoms with Gasteiger partial charge in [0, 0.05) is 60.1 Å². The molecule has 3 aromatic heterocycles. The molecule has 0 saturated carbocycles. The second-order valence-electron chi connectivity index (χ2n) is 11.1. The second-order valence-corrected chi connectivity index (χ2v) is 11.1. The summed E-state index contributed by atoms with van der Waals surface area (Å²) < 4.78 is 0. The van der Waals surface area contributed by atoms with Gasteiger partial charge in [-0.3, -0.25) is 14.4 Å². The molecular weight excluding hydrogens is 606 g/mol. The normalized spacial score (nSPS) is 13.7. The Morgan fingerprint density at radius 1 is 0.723 bits per heavy atom. The topological polar surface area (TPSA) is 244 Å². The van der Waals surface area contributed by atoms with E-state index in [1.807, 2.05) is 24.3 Å². The van der Waals surface area contributed by atoms with Crippen LogP contribution in [0.2, 0.25) is 0 Å². The predicted octanol–water partition coefficient (Wildman–Crippen LogP) is 0.457. The van der Waals surface area contributed by atoms with E-state index < -0.39 is 47.9 Å². The summed E-state index contributed by atoms with van der Waals surface area (Å²) in [6, 6.07) is 8.90. The van der Waals surface area contributed by atoms with Gasteiger partial charge in [0.25, 0.3) is 0 Å². The summed E-state index contributed by atoms with van der Waals surface area (Å²) in [5, 5.41) is 28.3. The lowest BCUT2D eigenvalue weighted by atomic mass is 10.0. The highest BCUT2D eigenvalue weighted by atomic mass is 16.4. The Morgan fingerprint density at radius 2 is 1.30 bits per heavy atom. The molecule has 4 atom stereocenters. The largest absolute Gasteiger partial charge is 0.508 e. The molecule has 5 rings (SSSR count). The van der Waals surface area contributed by atoms with Crippen molar-refractivity contribution in [3.63, 3.8) is 0 Å². The van der Waals surface area contributed by atoms with Gasteiger partial charge in [0.05, 0.1) is 18.7 Å². The Bertz CT molecular complexity index is 1800. The average molecular weight is 642 g/mol. The molecule has 15 heteroatoms. The summed E-state index contributed by atoms with van der Waals surface area (Å²) in [7, 11) is 0. The molecule has 0 aliphatic heterocycles. The summed E-state index contributed by atoms with van der Waals surface area (Å²) in [4.78, 5) is 69.6. The zero-order valence-corrected chi connectivity index (χ0v) is 25.1. The first-order valence-electron chi connectivity index (χ1n) is 14.8. The van der Waals surface area contributed by atoms with Crippen LogP contribution in [0.4, 0.5) is 0 Å². The number of hydrogen-bond donors (Lipinski definition) is 9. The number of carbonyl (C=O) groups excluding carboxylic acids is 3. The summed E-state index contributed by atoms with van der Waals surface area (Å²) in [6.45, 7) is 0. The molecule has 0 fully saturated rings. The Morgan fingerprint density at radius 3 is 1.87 bits per heavy atom. The number of phenolic OH excluding ortho intramolecular Hbond substituents is 1. The fourth-order valence-electron chi connectivity index (χ4n) is 5.17. The number of nitrogens with two attached hydrogens (primary N) is 1. The molecule has 0 aliphatic rings. The van der Waals surface area contributed by atoms with Gasteiger partial charge in [0.15, 0.2) is 0 Å². The third-order valence-corrected chi connectivity index (χ3v) is 7.67. The summed E-state index contributed by atoms with van der Waals surface area (Å²) in [5.41, 5.74) is 9.45. The molecule has 3 heterocycles. The molecule has 0 bridgehead atoms. The number of aliphatic carboxylic acids is 1. The van der Waals surface area contributed by atoms with E-state index in [1.54, 1.807) is 18.3 Å². The van der Waals surface area contributed by atoms with E-state index in [0.717, 1.165) is 10.9 Å². The van der Waals surface area contributed by atoms with E-state index in [-0.39, 0.29) is 31.4 Å². The molecule has 0 saturated heterocycles. The van der Waals surface area contributed by atoms with Crippen molar-refractivity contribution in [3.05, 3.63) is 102 Å². The molecule has 244 valence electrons. The SMILES string of the molecule is NC(Cc1ccc(O)cc1)C(=O)NC(Cc1cnc[nH]1)C(=O)NC(Cc1cnc[nH]1)C(=O)NC(Cc1c[nH]c2ccccc12)C(=O)O. The van der Waals surface area contributed by atoms with Crippen LogP contribution in [0.15, 0.2) is 79.8 Å². The minimum Gasteiger partial charge on any atom is -0.508 e. The number of phenols is 1. The number of aromatic nitrogens is 5. The van der Waals surface area contributed by atoms with Crippen LogP contribution in [0.25, 0.3) is 10.9 Å². The van der Waals surface area contributed by atoms with Crippen molar-refractivity contribution in [2.24, 2.45) is 5.73 Å². The average Bonchev–Trinajstić information content (AvgIpc) is 3.84. The quantitative estimate of drug-likeness (QED) is 0.0769. The minimum absolute atomic E-state index is 0.000212. The van der Waals surface area contributed by atoms with Crippen LogP contribution in [-0.2, 0) is 44.9 Å². The Hall–Kier alpha value is -5.96. The molecule has 4 unspecified atom stereocenters. The van der Waals surface area contributed by atoms with Gasteiger partial charge in [0.1, 0.15) is 23.9 Å². The van der Waals surface area contributed by atoms with Crippen molar-refractivity contribution < 1.29 is 29.4 Å². The van der Waals surface area contributed by atoms with Crippen LogP contribution >= 0.6 is 0 Å². The molecule has 0 aliphatic carbocycles. The third-order valence-electron chi connectivity index (χ3n) is 7.67. The van der Waals surface area contributed by atoms with E-state index in [4.69, 9.17) is 5.73 Å². The number of para-hydroxylation sites is 1. The number of imidazole rings is 2. The van der Waals surface area contributed by atoms with Gasteiger partial charge in [-0.15, -0.1) is 0 Å². The van der Waals surface area contributed by atoms with E-state index in [9.17, 15) is 29.4 Å². The molecule has 47 heavy (non-hydrogen) atoms. The minimum atomic E-state index is -1.30. The van der Waals surface area contributed by atoms with Gasteiger partial charge in [-0.25, -0.2) is 14.8 Å². The Balaban J connectivity index is 1.32. The van der Waals surface area contributed by atoms with Crippen molar-refractivity contribution in [2.45, 2.75) is 49.9 Å². The molecule has 10 N–H and O–H groups in total. The summed E-state index contributed by atoms with van der Waals surface area (Å²) in [6.07, 6.45) is 7.62. The molecule has 3 amide bonds. The fraction of sp³-hybridized carbons (Fsp3) is 0.250. The first-order chi connectivity index (χ1) is 22.7. The first-order valence-corrected chi connectivity index (χ1v) is 14.8. The van der Waals surface area contributed by atoms with E-state index in [1.165, 1.54) is 37.2 Å². The van der Waals surface area contributed by atoms with Gasteiger partial charge in [-0.1, -0.05) is 30.3 Å². The van der Waals surface area contributed by atoms with Crippen molar-refractivity contribution in [2.75, 3.05) is 0 Å². The number of rotatable bonds is 15. The number of amides is 3. The van der Waals surface area contributed by atoms with Gasteiger partial charge in [-0.2, -0.15) is 0 Å². The number of aromatic amines is 3.